The maximum atomic E-state index is 12.0. The molecule has 1 aromatic carbocycles. The van der Waals surface area contributed by atoms with E-state index in [2.05, 4.69) is 22.4 Å². The third-order valence-corrected chi connectivity index (χ3v) is 5.48. The Morgan fingerprint density at radius 1 is 1.09 bits per heavy atom. The van der Waals surface area contributed by atoms with E-state index in [4.69, 9.17) is 0 Å². The van der Waals surface area contributed by atoms with E-state index in [1.165, 1.54) is 30.6 Å². The summed E-state index contributed by atoms with van der Waals surface area (Å²) in [5, 5.41) is 3.74. The van der Waals surface area contributed by atoms with Crippen LogP contribution in [0.25, 0.3) is 0 Å². The summed E-state index contributed by atoms with van der Waals surface area (Å²) >= 11 is 1.97. The smallest absolute Gasteiger partial charge is 0.224 e. The van der Waals surface area contributed by atoms with Gasteiger partial charge >= 0.3 is 0 Å². The number of amides is 1. The molecule has 0 radical (unpaired) electrons. The third kappa shape index (κ3) is 5.10. The van der Waals surface area contributed by atoms with Gasteiger partial charge in [-0.3, -0.25) is 9.78 Å². The molecule has 1 aliphatic carbocycles. The zero-order valence-corrected chi connectivity index (χ0v) is 14.0. The Bertz CT molecular complexity index is 622. The van der Waals surface area contributed by atoms with Crippen LogP contribution in [0.2, 0.25) is 0 Å². The van der Waals surface area contributed by atoms with Crippen LogP contribution < -0.4 is 5.32 Å². The second-order valence-corrected chi connectivity index (χ2v) is 7.33. The monoisotopic (exact) mass is 326 g/mol. The molecule has 3 nitrogen and oxygen atoms in total. The van der Waals surface area contributed by atoms with Crippen LogP contribution >= 0.6 is 11.8 Å². The Hall–Kier alpha value is -1.81. The summed E-state index contributed by atoms with van der Waals surface area (Å²) < 4.78 is 0. The summed E-state index contributed by atoms with van der Waals surface area (Å²) in [4.78, 5) is 17.3. The van der Waals surface area contributed by atoms with Crippen LogP contribution in [0.5, 0.6) is 0 Å². The summed E-state index contributed by atoms with van der Waals surface area (Å²) in [6.07, 6.45) is 10.1. The highest BCUT2D eigenvalue weighted by molar-refractivity contribution is 8.00. The second kappa shape index (κ2) is 8.16. The number of aromatic nitrogens is 1. The van der Waals surface area contributed by atoms with E-state index in [-0.39, 0.29) is 5.91 Å². The minimum absolute atomic E-state index is 0.0537. The van der Waals surface area contributed by atoms with Crippen LogP contribution in [0.15, 0.2) is 53.7 Å². The molecule has 3 rings (SSSR count). The van der Waals surface area contributed by atoms with Crippen LogP contribution in [-0.4, -0.2) is 16.1 Å². The third-order valence-electron chi connectivity index (χ3n) is 4.13. The molecule has 0 aliphatic heterocycles. The van der Waals surface area contributed by atoms with Gasteiger partial charge in [0.25, 0.3) is 0 Å². The number of nitrogens with zero attached hydrogens (tertiary/aromatic N) is 1. The number of pyridine rings is 1. The lowest BCUT2D eigenvalue weighted by Crippen LogP contribution is -2.12. The van der Waals surface area contributed by atoms with Crippen molar-refractivity contribution in [3.8, 4) is 0 Å². The highest BCUT2D eigenvalue weighted by atomic mass is 32.2. The number of aryl methyl sites for hydroxylation is 1. The molecule has 23 heavy (non-hydrogen) atoms. The molecule has 4 heteroatoms. The van der Waals surface area contributed by atoms with Gasteiger partial charge in [-0.05, 0) is 61.2 Å². The predicted molar refractivity (Wildman–Crippen MR) is 95.7 cm³/mol. The van der Waals surface area contributed by atoms with E-state index >= 15 is 0 Å². The molecule has 1 saturated carbocycles. The van der Waals surface area contributed by atoms with Crippen molar-refractivity contribution >= 4 is 23.4 Å². The van der Waals surface area contributed by atoms with Crippen molar-refractivity contribution in [1.29, 1.82) is 0 Å². The second-order valence-electron chi connectivity index (χ2n) is 5.95. The van der Waals surface area contributed by atoms with Crippen molar-refractivity contribution in [3.63, 3.8) is 0 Å². The number of benzene rings is 1. The molecule has 1 N–H and O–H groups in total. The summed E-state index contributed by atoms with van der Waals surface area (Å²) in [5.74, 6) is 0.0537. The molecule has 0 unspecified atom stereocenters. The van der Waals surface area contributed by atoms with Gasteiger partial charge < -0.3 is 5.32 Å². The maximum absolute atomic E-state index is 12.0. The topological polar surface area (TPSA) is 42.0 Å². The number of anilines is 1. The van der Waals surface area contributed by atoms with E-state index in [0.29, 0.717) is 6.42 Å². The van der Waals surface area contributed by atoms with Crippen LogP contribution in [0.3, 0.4) is 0 Å². The first kappa shape index (κ1) is 16.1. The molecule has 0 spiro atoms. The fourth-order valence-corrected chi connectivity index (χ4v) is 4.09. The summed E-state index contributed by atoms with van der Waals surface area (Å²) in [6.45, 7) is 0. The largest absolute Gasteiger partial charge is 0.326 e. The Balaban J connectivity index is 1.46. The molecule has 120 valence electrons. The molecule has 1 amide bonds. The first-order chi connectivity index (χ1) is 11.3. The zero-order valence-electron chi connectivity index (χ0n) is 13.2. The summed E-state index contributed by atoms with van der Waals surface area (Å²) in [5.41, 5.74) is 2.01. The Kier molecular flexibility index (Phi) is 5.70. The molecule has 2 aromatic rings. The van der Waals surface area contributed by atoms with E-state index < -0.39 is 0 Å². The first-order valence-corrected chi connectivity index (χ1v) is 9.13. The van der Waals surface area contributed by atoms with Crippen LogP contribution in [0, 0.1) is 0 Å². The highest BCUT2D eigenvalue weighted by Crippen LogP contribution is 2.34. The normalized spacial score (nSPS) is 14.8. The van der Waals surface area contributed by atoms with Crippen LogP contribution in [0.4, 0.5) is 5.69 Å². The molecule has 1 aromatic heterocycles. The number of thioether (sulfide) groups is 1. The standard InChI is InChI=1S/C19H22N2OS/c22-19(10-5-15-11-13-20-14-12-15)21-16-6-8-18(9-7-16)23-17-3-1-2-4-17/h6-9,11-14,17H,1-5,10H2,(H,21,22). The lowest BCUT2D eigenvalue weighted by molar-refractivity contribution is -0.116. The van der Waals surface area contributed by atoms with Crippen molar-refractivity contribution in [2.75, 3.05) is 5.32 Å². The number of rotatable bonds is 6. The van der Waals surface area contributed by atoms with Gasteiger partial charge in [0.2, 0.25) is 5.91 Å². The van der Waals surface area contributed by atoms with Gasteiger partial charge in [0.05, 0.1) is 0 Å². The Morgan fingerprint density at radius 3 is 2.48 bits per heavy atom. The first-order valence-electron chi connectivity index (χ1n) is 8.25. The lowest BCUT2D eigenvalue weighted by Gasteiger charge is -2.10. The number of hydrogen-bond acceptors (Lipinski definition) is 3. The average Bonchev–Trinajstić information content (AvgIpc) is 3.09. The quantitative estimate of drug-likeness (QED) is 0.837. The highest BCUT2D eigenvalue weighted by Gasteiger charge is 2.15. The number of carbonyl (C=O) groups excluding carboxylic acids is 1. The Morgan fingerprint density at radius 2 is 1.78 bits per heavy atom. The van der Waals surface area contributed by atoms with E-state index in [1.807, 2.05) is 36.0 Å². The minimum atomic E-state index is 0.0537. The number of nitrogens with one attached hydrogen (secondary N) is 1. The average molecular weight is 326 g/mol. The van der Waals surface area contributed by atoms with Crippen molar-refractivity contribution in [2.24, 2.45) is 0 Å². The molecule has 0 bridgehead atoms. The molecule has 0 saturated heterocycles. The number of carbonyl (C=O) groups is 1. The Labute approximate surface area is 141 Å². The van der Waals surface area contributed by atoms with Gasteiger partial charge in [-0.2, -0.15) is 0 Å². The van der Waals surface area contributed by atoms with Gasteiger partial charge in [-0.25, -0.2) is 0 Å². The lowest BCUT2D eigenvalue weighted by atomic mass is 10.1. The van der Waals surface area contributed by atoms with Crippen molar-refractivity contribution < 1.29 is 4.79 Å². The molecule has 1 aliphatic rings. The van der Waals surface area contributed by atoms with Crippen LogP contribution in [-0.2, 0) is 11.2 Å². The van der Waals surface area contributed by atoms with E-state index in [9.17, 15) is 4.79 Å². The van der Waals surface area contributed by atoms with E-state index in [1.54, 1.807) is 12.4 Å². The van der Waals surface area contributed by atoms with Gasteiger partial charge in [-0.15, -0.1) is 11.8 Å². The molecular weight excluding hydrogens is 304 g/mol. The molecule has 0 atom stereocenters. The summed E-state index contributed by atoms with van der Waals surface area (Å²) in [6, 6.07) is 12.1. The van der Waals surface area contributed by atoms with E-state index in [0.717, 1.165) is 22.9 Å². The predicted octanol–water partition coefficient (Wildman–Crippen LogP) is 4.69. The van der Waals surface area contributed by atoms with Crippen molar-refractivity contribution in [2.45, 2.75) is 48.7 Å². The van der Waals surface area contributed by atoms with Crippen molar-refractivity contribution in [1.82, 2.24) is 4.98 Å². The SMILES string of the molecule is O=C(CCc1ccncc1)Nc1ccc(SC2CCCC2)cc1. The van der Waals surface area contributed by atoms with Gasteiger partial charge in [0.1, 0.15) is 0 Å². The van der Waals surface area contributed by atoms with Gasteiger partial charge in [-0.1, -0.05) is 12.8 Å². The van der Waals surface area contributed by atoms with Gasteiger partial charge in [0.15, 0.2) is 0 Å². The zero-order chi connectivity index (χ0) is 15.9. The fourth-order valence-electron chi connectivity index (χ4n) is 2.85. The maximum Gasteiger partial charge on any atom is 0.224 e. The van der Waals surface area contributed by atoms with Crippen LogP contribution in [0.1, 0.15) is 37.7 Å². The van der Waals surface area contributed by atoms with Crippen molar-refractivity contribution in [3.05, 3.63) is 54.4 Å². The summed E-state index contributed by atoms with van der Waals surface area (Å²) in [7, 11) is 0. The minimum Gasteiger partial charge on any atom is -0.326 e. The molecular formula is C19H22N2OS. The number of hydrogen-bond donors (Lipinski definition) is 1. The van der Waals surface area contributed by atoms with Gasteiger partial charge in [0, 0.05) is 34.6 Å². The fraction of sp³-hybridized carbons (Fsp3) is 0.368. The molecule has 1 heterocycles. The molecule has 1 fully saturated rings.